The Morgan fingerprint density at radius 2 is 1.32 bits per heavy atom. The number of amides is 2. The molecule has 5 nitrogen and oxygen atoms in total. The van der Waals surface area contributed by atoms with Gasteiger partial charge in [-0.3, -0.25) is 14.4 Å². The summed E-state index contributed by atoms with van der Waals surface area (Å²) >= 11 is 0. The molecule has 0 spiro atoms. The molecule has 2 amide bonds. The Balaban J connectivity index is 1.28. The van der Waals surface area contributed by atoms with Gasteiger partial charge in [-0.25, -0.2) is 5.48 Å². The largest absolute Gasteiger partial charge is 0.348 e. The average Bonchev–Trinajstić information content (AvgIpc) is 2.83. The number of hydrogen-bond acceptors (Lipinski definition) is 3. The molecule has 4 aromatic carbocycles. The van der Waals surface area contributed by atoms with Crippen molar-refractivity contribution in [3.05, 3.63) is 119 Å². The number of nitrogens with one attached hydrogen (secondary N) is 2. The van der Waals surface area contributed by atoms with Crippen molar-refractivity contribution in [2.24, 2.45) is 0 Å². The Kier molecular flexibility index (Phi) is 6.35. The topological polar surface area (TPSA) is 67.4 Å². The minimum Gasteiger partial charge on any atom is -0.348 e. The summed E-state index contributed by atoms with van der Waals surface area (Å²) in [5.41, 5.74) is 5.42. The Hall–Kier alpha value is -3.96. The first-order chi connectivity index (χ1) is 15.2. The summed E-state index contributed by atoms with van der Waals surface area (Å²) in [7, 11) is 0. The first-order valence-corrected chi connectivity index (χ1v) is 10.0. The molecule has 4 rings (SSSR count). The van der Waals surface area contributed by atoms with Gasteiger partial charge in [-0.2, -0.15) is 0 Å². The van der Waals surface area contributed by atoms with E-state index in [4.69, 9.17) is 4.84 Å². The van der Waals surface area contributed by atoms with Gasteiger partial charge in [0.2, 0.25) is 0 Å². The third-order valence-corrected chi connectivity index (χ3v) is 4.93. The van der Waals surface area contributed by atoms with Gasteiger partial charge < -0.3 is 5.32 Å². The first kappa shape index (κ1) is 20.3. The zero-order valence-corrected chi connectivity index (χ0v) is 16.9. The average molecular weight is 410 g/mol. The summed E-state index contributed by atoms with van der Waals surface area (Å²) in [6.45, 7) is 0.670. The van der Waals surface area contributed by atoms with Crippen LogP contribution >= 0.6 is 0 Å². The third-order valence-electron chi connectivity index (χ3n) is 4.93. The van der Waals surface area contributed by atoms with Crippen LogP contribution < -0.4 is 10.8 Å². The monoisotopic (exact) mass is 410 g/mol. The SMILES string of the molecule is O=C(NCc1ccc(C(=O)NOCc2ccccc2)cc1)c1ccc2ccccc2c1. The summed E-state index contributed by atoms with van der Waals surface area (Å²) in [5, 5.41) is 5.04. The molecule has 2 N–H and O–H groups in total. The molecular weight excluding hydrogens is 388 g/mol. The predicted octanol–water partition coefficient (Wildman–Crippen LogP) is 4.63. The number of benzene rings is 4. The summed E-state index contributed by atoms with van der Waals surface area (Å²) in [5.74, 6) is -0.454. The van der Waals surface area contributed by atoms with E-state index < -0.39 is 0 Å². The molecule has 0 saturated heterocycles. The molecule has 154 valence electrons. The van der Waals surface area contributed by atoms with E-state index in [0.717, 1.165) is 21.9 Å². The van der Waals surface area contributed by atoms with Crippen molar-refractivity contribution in [2.75, 3.05) is 0 Å². The quantitative estimate of drug-likeness (QED) is 0.437. The van der Waals surface area contributed by atoms with Gasteiger partial charge in [0.25, 0.3) is 11.8 Å². The van der Waals surface area contributed by atoms with Crippen molar-refractivity contribution >= 4 is 22.6 Å². The molecule has 0 unspecified atom stereocenters. The van der Waals surface area contributed by atoms with Crippen molar-refractivity contribution < 1.29 is 14.4 Å². The van der Waals surface area contributed by atoms with Crippen LogP contribution in [-0.2, 0) is 18.0 Å². The molecule has 0 aliphatic carbocycles. The zero-order valence-electron chi connectivity index (χ0n) is 16.9. The molecule has 0 aromatic heterocycles. The third kappa shape index (κ3) is 5.35. The molecule has 0 fully saturated rings. The number of carbonyl (C=O) groups excluding carboxylic acids is 2. The highest BCUT2D eigenvalue weighted by molar-refractivity contribution is 5.98. The molecular formula is C26H22N2O3. The minimum absolute atomic E-state index is 0.137. The van der Waals surface area contributed by atoms with Crippen LogP contribution in [0.1, 0.15) is 31.8 Å². The second-order valence-electron chi connectivity index (χ2n) is 7.15. The molecule has 0 atom stereocenters. The summed E-state index contributed by atoms with van der Waals surface area (Å²) in [6, 6.07) is 30.2. The number of fused-ring (bicyclic) bond motifs is 1. The van der Waals surface area contributed by atoms with Gasteiger partial charge in [-0.1, -0.05) is 72.8 Å². The minimum atomic E-state index is -0.317. The highest BCUT2D eigenvalue weighted by atomic mass is 16.6. The summed E-state index contributed by atoms with van der Waals surface area (Å²) in [4.78, 5) is 29.9. The molecule has 0 bridgehead atoms. The molecule has 4 aromatic rings. The lowest BCUT2D eigenvalue weighted by Gasteiger charge is -2.08. The summed E-state index contributed by atoms with van der Waals surface area (Å²) < 4.78 is 0. The highest BCUT2D eigenvalue weighted by Crippen LogP contribution is 2.15. The van der Waals surface area contributed by atoms with Crippen LogP contribution in [0.3, 0.4) is 0 Å². The van der Waals surface area contributed by atoms with Gasteiger partial charge in [-0.05, 0) is 46.2 Å². The van der Waals surface area contributed by atoms with E-state index in [1.54, 1.807) is 12.1 Å². The van der Waals surface area contributed by atoms with Crippen LogP contribution in [-0.4, -0.2) is 11.8 Å². The maximum Gasteiger partial charge on any atom is 0.274 e. The van der Waals surface area contributed by atoms with Gasteiger partial charge in [0.1, 0.15) is 0 Å². The molecule has 31 heavy (non-hydrogen) atoms. The Bertz CT molecular complexity index is 1190. The fourth-order valence-corrected chi connectivity index (χ4v) is 3.21. The fraction of sp³-hybridized carbons (Fsp3) is 0.0769. The maximum absolute atomic E-state index is 12.5. The van der Waals surface area contributed by atoms with E-state index in [-0.39, 0.29) is 11.8 Å². The van der Waals surface area contributed by atoms with Gasteiger partial charge in [0.05, 0.1) is 6.61 Å². The molecule has 0 heterocycles. The molecule has 0 saturated carbocycles. The Morgan fingerprint density at radius 1 is 0.645 bits per heavy atom. The van der Waals surface area contributed by atoms with Gasteiger partial charge >= 0.3 is 0 Å². The predicted molar refractivity (Wildman–Crippen MR) is 120 cm³/mol. The van der Waals surface area contributed by atoms with Crippen LogP contribution in [0.25, 0.3) is 10.8 Å². The maximum atomic E-state index is 12.5. The molecule has 5 heteroatoms. The lowest BCUT2D eigenvalue weighted by Crippen LogP contribution is -2.24. The van der Waals surface area contributed by atoms with E-state index in [9.17, 15) is 9.59 Å². The Labute approximate surface area is 180 Å². The Morgan fingerprint density at radius 3 is 2.10 bits per heavy atom. The highest BCUT2D eigenvalue weighted by Gasteiger charge is 2.08. The summed E-state index contributed by atoms with van der Waals surface area (Å²) in [6.07, 6.45) is 0. The van der Waals surface area contributed by atoms with Gasteiger partial charge in [0.15, 0.2) is 0 Å². The second kappa shape index (κ2) is 9.69. The van der Waals surface area contributed by atoms with Crippen LogP contribution in [0, 0.1) is 0 Å². The van der Waals surface area contributed by atoms with E-state index in [0.29, 0.717) is 24.3 Å². The van der Waals surface area contributed by atoms with Crippen molar-refractivity contribution in [3.8, 4) is 0 Å². The van der Waals surface area contributed by atoms with Crippen molar-refractivity contribution in [1.29, 1.82) is 0 Å². The zero-order chi connectivity index (χ0) is 21.5. The number of hydrogen-bond donors (Lipinski definition) is 2. The number of rotatable bonds is 7. The van der Waals surface area contributed by atoms with Crippen LogP contribution in [0.2, 0.25) is 0 Å². The molecule has 0 aliphatic heterocycles. The van der Waals surface area contributed by atoms with E-state index in [1.165, 1.54) is 0 Å². The van der Waals surface area contributed by atoms with E-state index in [1.807, 2.05) is 84.9 Å². The van der Waals surface area contributed by atoms with Crippen molar-refractivity contribution in [3.63, 3.8) is 0 Å². The van der Waals surface area contributed by atoms with Crippen LogP contribution in [0.15, 0.2) is 97.1 Å². The first-order valence-electron chi connectivity index (χ1n) is 10.0. The standard InChI is InChI=1S/C26H22N2O3/c29-25(24-15-14-21-8-4-5-9-23(21)16-24)27-17-19-10-12-22(13-11-19)26(30)28-31-18-20-6-2-1-3-7-20/h1-16H,17-18H2,(H,27,29)(H,28,30). The number of carbonyl (C=O) groups is 2. The van der Waals surface area contributed by atoms with Gasteiger partial charge in [-0.15, -0.1) is 0 Å². The smallest absolute Gasteiger partial charge is 0.274 e. The van der Waals surface area contributed by atoms with Gasteiger partial charge in [0, 0.05) is 17.7 Å². The molecule has 0 radical (unpaired) electrons. The van der Waals surface area contributed by atoms with Crippen molar-refractivity contribution in [1.82, 2.24) is 10.8 Å². The lowest BCUT2D eigenvalue weighted by molar-refractivity contribution is 0.0233. The normalized spacial score (nSPS) is 10.6. The van der Waals surface area contributed by atoms with Crippen molar-refractivity contribution in [2.45, 2.75) is 13.2 Å². The van der Waals surface area contributed by atoms with E-state index >= 15 is 0 Å². The van der Waals surface area contributed by atoms with E-state index in [2.05, 4.69) is 10.8 Å². The second-order valence-corrected chi connectivity index (χ2v) is 7.15. The fourth-order valence-electron chi connectivity index (χ4n) is 3.21. The number of hydroxylamine groups is 1. The van der Waals surface area contributed by atoms with Crippen LogP contribution in [0.5, 0.6) is 0 Å². The lowest BCUT2D eigenvalue weighted by atomic mass is 10.1. The molecule has 0 aliphatic rings. The van der Waals surface area contributed by atoms with Crippen LogP contribution in [0.4, 0.5) is 0 Å².